The van der Waals surface area contributed by atoms with Crippen molar-refractivity contribution in [1.29, 1.82) is 0 Å². The molecule has 15 heavy (non-hydrogen) atoms. The molecule has 0 unspecified atom stereocenters. The molecule has 3 nitrogen and oxygen atoms in total. The normalized spacial score (nSPS) is 14.2. The van der Waals surface area contributed by atoms with Gasteiger partial charge in [0.2, 0.25) is 0 Å². The van der Waals surface area contributed by atoms with E-state index in [4.69, 9.17) is 0 Å². The molecule has 2 aromatic rings. The van der Waals surface area contributed by atoms with Crippen LogP contribution in [-0.2, 0) is 6.42 Å². The fourth-order valence-electron chi connectivity index (χ4n) is 1.90. The van der Waals surface area contributed by atoms with Gasteiger partial charge in [0.05, 0.1) is 5.69 Å². The zero-order chi connectivity index (χ0) is 10.3. The predicted molar refractivity (Wildman–Crippen MR) is 60.5 cm³/mol. The van der Waals surface area contributed by atoms with E-state index in [1.54, 1.807) is 0 Å². The average Bonchev–Trinajstić information content (AvgIpc) is 2.52. The van der Waals surface area contributed by atoms with Crippen LogP contribution in [-0.4, -0.2) is 20.5 Å². The number of thioether (sulfide) groups is 1. The molecule has 1 aromatic heterocycles. The summed E-state index contributed by atoms with van der Waals surface area (Å²) in [4.78, 5) is 1.32. The molecule has 1 aliphatic heterocycles. The first-order valence-corrected chi connectivity index (χ1v) is 5.98. The van der Waals surface area contributed by atoms with Gasteiger partial charge in [0.25, 0.3) is 0 Å². The standard InChI is InChI=1S/C11H11N3S/c1-8-12-13-11-6-7-15-10-5-3-2-4-9(10)14(8)11/h2-5H,6-7H2,1H3. The molecule has 0 N–H and O–H groups in total. The number of aromatic nitrogens is 3. The van der Waals surface area contributed by atoms with Gasteiger partial charge in [-0.3, -0.25) is 4.57 Å². The highest BCUT2D eigenvalue weighted by Crippen LogP contribution is 2.30. The van der Waals surface area contributed by atoms with Gasteiger partial charge in [0.1, 0.15) is 11.6 Å². The number of nitrogens with zero attached hydrogens (tertiary/aromatic N) is 3. The second-order valence-electron chi connectivity index (χ2n) is 3.57. The van der Waals surface area contributed by atoms with Gasteiger partial charge < -0.3 is 0 Å². The number of benzene rings is 1. The van der Waals surface area contributed by atoms with Gasteiger partial charge in [-0.1, -0.05) is 12.1 Å². The summed E-state index contributed by atoms with van der Waals surface area (Å²) < 4.78 is 2.16. The third-order valence-corrected chi connectivity index (χ3v) is 3.65. The molecule has 0 atom stereocenters. The molecule has 2 heterocycles. The molecule has 0 amide bonds. The third-order valence-electron chi connectivity index (χ3n) is 2.58. The SMILES string of the molecule is Cc1nnc2n1-c1ccccc1SCC2. The van der Waals surface area contributed by atoms with Crippen molar-refractivity contribution < 1.29 is 0 Å². The average molecular weight is 217 g/mol. The summed E-state index contributed by atoms with van der Waals surface area (Å²) in [6, 6.07) is 8.44. The Labute approximate surface area is 92.5 Å². The molecule has 0 saturated carbocycles. The predicted octanol–water partition coefficient (Wildman–Crippen LogP) is 2.22. The number of para-hydroxylation sites is 1. The van der Waals surface area contributed by atoms with Crippen molar-refractivity contribution in [2.45, 2.75) is 18.2 Å². The summed E-state index contributed by atoms with van der Waals surface area (Å²) in [5.41, 5.74) is 1.22. The Hall–Kier alpha value is -1.29. The Morgan fingerprint density at radius 2 is 2.13 bits per heavy atom. The molecule has 0 saturated heterocycles. The van der Waals surface area contributed by atoms with Gasteiger partial charge >= 0.3 is 0 Å². The van der Waals surface area contributed by atoms with Crippen molar-refractivity contribution in [2.24, 2.45) is 0 Å². The van der Waals surface area contributed by atoms with Crippen LogP contribution in [0.3, 0.4) is 0 Å². The van der Waals surface area contributed by atoms with Crippen molar-refractivity contribution in [3.05, 3.63) is 35.9 Å². The van der Waals surface area contributed by atoms with E-state index in [1.807, 2.05) is 18.7 Å². The Bertz CT molecular complexity index is 504. The molecular formula is C11H11N3S. The van der Waals surface area contributed by atoms with Crippen LogP contribution in [0.4, 0.5) is 0 Å². The molecule has 76 valence electrons. The molecule has 4 heteroatoms. The minimum absolute atomic E-state index is 0.972. The minimum Gasteiger partial charge on any atom is -0.282 e. The van der Waals surface area contributed by atoms with E-state index in [9.17, 15) is 0 Å². The zero-order valence-electron chi connectivity index (χ0n) is 8.47. The Morgan fingerprint density at radius 3 is 3.07 bits per heavy atom. The second-order valence-corrected chi connectivity index (χ2v) is 4.70. The molecule has 1 aromatic carbocycles. The maximum absolute atomic E-state index is 4.21. The lowest BCUT2D eigenvalue weighted by atomic mass is 10.3. The van der Waals surface area contributed by atoms with E-state index >= 15 is 0 Å². The van der Waals surface area contributed by atoms with Gasteiger partial charge in [-0.15, -0.1) is 22.0 Å². The molecule has 0 radical (unpaired) electrons. The minimum atomic E-state index is 0.972. The molecular weight excluding hydrogens is 206 g/mol. The maximum atomic E-state index is 4.21. The lowest BCUT2D eigenvalue weighted by Crippen LogP contribution is -2.02. The molecule has 0 bridgehead atoms. The molecule has 1 aliphatic rings. The van der Waals surface area contributed by atoms with E-state index in [0.29, 0.717) is 0 Å². The Kier molecular flexibility index (Phi) is 2.02. The van der Waals surface area contributed by atoms with Crippen molar-refractivity contribution in [1.82, 2.24) is 14.8 Å². The van der Waals surface area contributed by atoms with E-state index in [-0.39, 0.29) is 0 Å². The van der Waals surface area contributed by atoms with Crippen LogP contribution in [0.2, 0.25) is 0 Å². The summed E-state index contributed by atoms with van der Waals surface area (Å²) in [5, 5.41) is 8.36. The summed E-state index contributed by atoms with van der Waals surface area (Å²) in [7, 11) is 0. The highest BCUT2D eigenvalue weighted by Gasteiger charge is 2.17. The summed E-state index contributed by atoms with van der Waals surface area (Å²) in [6.45, 7) is 2.00. The van der Waals surface area contributed by atoms with Crippen LogP contribution in [0.25, 0.3) is 5.69 Å². The van der Waals surface area contributed by atoms with Gasteiger partial charge in [-0.2, -0.15) is 0 Å². The lowest BCUT2D eigenvalue weighted by Gasteiger charge is -2.08. The van der Waals surface area contributed by atoms with Gasteiger partial charge in [0.15, 0.2) is 0 Å². The highest BCUT2D eigenvalue weighted by atomic mass is 32.2. The van der Waals surface area contributed by atoms with E-state index in [0.717, 1.165) is 23.8 Å². The summed E-state index contributed by atoms with van der Waals surface area (Å²) in [5.74, 6) is 3.12. The first-order chi connectivity index (χ1) is 7.36. The largest absolute Gasteiger partial charge is 0.282 e. The van der Waals surface area contributed by atoms with Gasteiger partial charge in [-0.05, 0) is 19.1 Å². The maximum Gasteiger partial charge on any atom is 0.138 e. The Morgan fingerprint density at radius 1 is 1.27 bits per heavy atom. The van der Waals surface area contributed by atoms with E-state index < -0.39 is 0 Å². The van der Waals surface area contributed by atoms with Gasteiger partial charge in [0, 0.05) is 17.1 Å². The number of fused-ring (bicyclic) bond motifs is 3. The number of hydrogen-bond donors (Lipinski definition) is 0. The smallest absolute Gasteiger partial charge is 0.138 e. The fraction of sp³-hybridized carbons (Fsp3) is 0.273. The van der Waals surface area contributed by atoms with Crippen molar-refractivity contribution in [2.75, 3.05) is 5.75 Å². The Balaban J connectivity index is 2.30. The zero-order valence-corrected chi connectivity index (χ0v) is 9.29. The molecule has 3 rings (SSSR count). The van der Waals surface area contributed by atoms with Crippen LogP contribution < -0.4 is 0 Å². The second kappa shape index (κ2) is 3.38. The number of rotatable bonds is 0. The topological polar surface area (TPSA) is 30.7 Å². The third kappa shape index (κ3) is 1.36. The van der Waals surface area contributed by atoms with Crippen LogP contribution in [0.15, 0.2) is 29.2 Å². The first kappa shape index (κ1) is 8.97. The summed E-state index contributed by atoms with van der Waals surface area (Å²) >= 11 is 1.89. The molecule has 0 aliphatic carbocycles. The van der Waals surface area contributed by atoms with Crippen LogP contribution in [0, 0.1) is 6.92 Å². The van der Waals surface area contributed by atoms with E-state index in [2.05, 4.69) is 39.0 Å². The van der Waals surface area contributed by atoms with Crippen LogP contribution >= 0.6 is 11.8 Å². The fourth-order valence-corrected chi connectivity index (χ4v) is 2.88. The van der Waals surface area contributed by atoms with Crippen molar-refractivity contribution in [3.63, 3.8) is 0 Å². The first-order valence-electron chi connectivity index (χ1n) is 4.99. The quantitative estimate of drug-likeness (QED) is 0.678. The van der Waals surface area contributed by atoms with Crippen LogP contribution in [0.5, 0.6) is 0 Å². The van der Waals surface area contributed by atoms with Crippen molar-refractivity contribution in [3.8, 4) is 5.69 Å². The summed E-state index contributed by atoms with van der Waals surface area (Å²) in [6.07, 6.45) is 0.986. The lowest BCUT2D eigenvalue weighted by molar-refractivity contribution is 0.875. The molecule has 0 fully saturated rings. The molecule has 0 spiro atoms. The van der Waals surface area contributed by atoms with E-state index in [1.165, 1.54) is 10.6 Å². The number of aryl methyl sites for hydroxylation is 2. The highest BCUT2D eigenvalue weighted by molar-refractivity contribution is 7.99. The monoisotopic (exact) mass is 217 g/mol. The number of hydrogen-bond acceptors (Lipinski definition) is 3. The van der Waals surface area contributed by atoms with Crippen molar-refractivity contribution >= 4 is 11.8 Å². The van der Waals surface area contributed by atoms with Gasteiger partial charge in [-0.25, -0.2) is 0 Å². The van der Waals surface area contributed by atoms with Crippen LogP contribution in [0.1, 0.15) is 11.6 Å².